The van der Waals surface area contributed by atoms with Crippen LogP contribution in [0.3, 0.4) is 0 Å². The van der Waals surface area contributed by atoms with E-state index in [1.54, 1.807) is 13.4 Å². The largest absolute Gasteiger partial charge is 0.497 e. The first kappa shape index (κ1) is 15.5. The van der Waals surface area contributed by atoms with Gasteiger partial charge in [-0.1, -0.05) is 26.0 Å². The summed E-state index contributed by atoms with van der Waals surface area (Å²) in [5.74, 6) is 2.43. The topological polar surface area (TPSA) is 52.0 Å². The monoisotopic (exact) mass is 288 g/mol. The lowest BCUT2D eigenvalue weighted by Gasteiger charge is -2.18. The zero-order valence-corrected chi connectivity index (χ0v) is 13.2. The zero-order valence-electron chi connectivity index (χ0n) is 13.2. The Morgan fingerprint density at radius 2 is 2.14 bits per heavy atom. The lowest BCUT2D eigenvalue weighted by Crippen LogP contribution is -2.22. The second kappa shape index (κ2) is 7.22. The fraction of sp³-hybridized carbons (Fsp3) is 0.500. The molecule has 0 fully saturated rings. The molecule has 0 aliphatic heterocycles. The summed E-state index contributed by atoms with van der Waals surface area (Å²) in [7, 11) is 3.65. The molecule has 2 aromatic rings. The molecule has 0 spiro atoms. The molecule has 114 valence electrons. The van der Waals surface area contributed by atoms with Gasteiger partial charge >= 0.3 is 0 Å². The third-order valence-electron chi connectivity index (χ3n) is 3.47. The SMILES string of the molecule is CNC(Cc1ncnn1CC(C)C)c1cccc(OC)c1. The highest BCUT2D eigenvalue weighted by Gasteiger charge is 2.15. The summed E-state index contributed by atoms with van der Waals surface area (Å²) in [6.07, 6.45) is 2.44. The van der Waals surface area contributed by atoms with Gasteiger partial charge in [0.25, 0.3) is 0 Å². The number of aromatic nitrogens is 3. The van der Waals surface area contributed by atoms with E-state index in [2.05, 4.69) is 41.4 Å². The molecular weight excluding hydrogens is 264 g/mol. The van der Waals surface area contributed by atoms with Crippen LogP contribution in [-0.2, 0) is 13.0 Å². The van der Waals surface area contributed by atoms with Crippen LogP contribution in [0.4, 0.5) is 0 Å². The van der Waals surface area contributed by atoms with Gasteiger partial charge in [0.2, 0.25) is 0 Å². The second-order valence-electron chi connectivity index (χ2n) is 5.57. The van der Waals surface area contributed by atoms with Gasteiger partial charge < -0.3 is 10.1 Å². The van der Waals surface area contributed by atoms with Crippen LogP contribution in [0.25, 0.3) is 0 Å². The summed E-state index contributed by atoms with van der Waals surface area (Å²) in [6.45, 7) is 5.26. The predicted octanol–water partition coefficient (Wildman–Crippen LogP) is 2.45. The van der Waals surface area contributed by atoms with Crippen LogP contribution >= 0.6 is 0 Å². The van der Waals surface area contributed by atoms with E-state index in [1.165, 1.54) is 5.56 Å². The van der Waals surface area contributed by atoms with Crippen LogP contribution < -0.4 is 10.1 Å². The molecular formula is C16H24N4O. The van der Waals surface area contributed by atoms with Gasteiger partial charge in [-0.05, 0) is 30.7 Å². The van der Waals surface area contributed by atoms with E-state index >= 15 is 0 Å². The van der Waals surface area contributed by atoms with E-state index in [0.717, 1.165) is 24.5 Å². The van der Waals surface area contributed by atoms with Crippen molar-refractivity contribution in [2.24, 2.45) is 5.92 Å². The Morgan fingerprint density at radius 3 is 2.81 bits per heavy atom. The molecule has 0 amide bonds. The molecule has 1 aromatic carbocycles. The van der Waals surface area contributed by atoms with E-state index in [-0.39, 0.29) is 6.04 Å². The number of nitrogens with one attached hydrogen (secondary N) is 1. The molecule has 1 heterocycles. The van der Waals surface area contributed by atoms with Gasteiger partial charge in [0.05, 0.1) is 7.11 Å². The van der Waals surface area contributed by atoms with Crippen LogP contribution in [0.15, 0.2) is 30.6 Å². The number of methoxy groups -OCH3 is 1. The summed E-state index contributed by atoms with van der Waals surface area (Å²) in [6, 6.07) is 8.32. The van der Waals surface area contributed by atoms with Gasteiger partial charge in [0.1, 0.15) is 17.9 Å². The third kappa shape index (κ3) is 4.04. The second-order valence-corrected chi connectivity index (χ2v) is 5.57. The van der Waals surface area contributed by atoms with Gasteiger partial charge in [-0.2, -0.15) is 5.10 Å². The molecule has 0 aliphatic carbocycles. The van der Waals surface area contributed by atoms with Gasteiger partial charge in [-0.25, -0.2) is 9.67 Å². The highest BCUT2D eigenvalue weighted by atomic mass is 16.5. The van der Waals surface area contributed by atoms with Crippen LogP contribution in [0.1, 0.15) is 31.3 Å². The van der Waals surface area contributed by atoms with Crippen LogP contribution in [0, 0.1) is 5.92 Å². The minimum atomic E-state index is 0.190. The van der Waals surface area contributed by atoms with Crippen molar-refractivity contribution in [3.63, 3.8) is 0 Å². The highest BCUT2D eigenvalue weighted by molar-refractivity contribution is 5.31. The molecule has 1 aromatic heterocycles. The number of likely N-dealkylation sites (N-methyl/N-ethyl adjacent to an activating group) is 1. The molecule has 21 heavy (non-hydrogen) atoms. The average molecular weight is 288 g/mol. The Labute approximate surface area is 126 Å². The standard InChI is InChI=1S/C16H24N4O/c1-12(2)10-20-16(18-11-19-20)9-15(17-3)13-6-5-7-14(8-13)21-4/h5-8,11-12,15,17H,9-10H2,1-4H3. The Hall–Kier alpha value is -1.88. The molecule has 1 unspecified atom stereocenters. The lowest BCUT2D eigenvalue weighted by molar-refractivity contribution is 0.412. The molecule has 5 heteroatoms. The summed E-state index contributed by atoms with van der Waals surface area (Å²) >= 11 is 0. The van der Waals surface area contributed by atoms with Gasteiger partial charge in [0.15, 0.2) is 0 Å². The Bertz CT molecular complexity index is 565. The van der Waals surface area contributed by atoms with E-state index < -0.39 is 0 Å². The number of hydrogen-bond acceptors (Lipinski definition) is 4. The van der Waals surface area contributed by atoms with Crippen molar-refractivity contribution in [1.29, 1.82) is 0 Å². The predicted molar refractivity (Wildman–Crippen MR) is 83.4 cm³/mol. The smallest absolute Gasteiger partial charge is 0.138 e. The van der Waals surface area contributed by atoms with Crippen LogP contribution in [0.5, 0.6) is 5.75 Å². The van der Waals surface area contributed by atoms with Crippen molar-refractivity contribution in [2.45, 2.75) is 32.9 Å². The maximum Gasteiger partial charge on any atom is 0.138 e. The molecule has 0 saturated heterocycles. The molecule has 0 saturated carbocycles. The Balaban J connectivity index is 2.17. The molecule has 0 bridgehead atoms. The number of benzene rings is 1. The molecule has 0 radical (unpaired) electrons. The minimum Gasteiger partial charge on any atom is -0.497 e. The highest BCUT2D eigenvalue weighted by Crippen LogP contribution is 2.21. The Morgan fingerprint density at radius 1 is 1.33 bits per heavy atom. The van der Waals surface area contributed by atoms with Crippen molar-refractivity contribution in [3.05, 3.63) is 42.0 Å². The van der Waals surface area contributed by atoms with Crippen molar-refractivity contribution in [1.82, 2.24) is 20.1 Å². The summed E-state index contributed by atoms with van der Waals surface area (Å²) in [4.78, 5) is 4.41. The van der Waals surface area contributed by atoms with Gasteiger partial charge in [-0.3, -0.25) is 0 Å². The van der Waals surface area contributed by atoms with Crippen LogP contribution in [0.2, 0.25) is 0 Å². The number of hydrogen-bond donors (Lipinski definition) is 1. The van der Waals surface area contributed by atoms with Gasteiger partial charge in [-0.15, -0.1) is 0 Å². The number of rotatable bonds is 7. The average Bonchev–Trinajstić information content (AvgIpc) is 2.91. The first-order valence-corrected chi connectivity index (χ1v) is 7.32. The van der Waals surface area contributed by atoms with Crippen molar-refractivity contribution < 1.29 is 4.74 Å². The number of ether oxygens (including phenoxy) is 1. The normalized spacial score (nSPS) is 12.6. The third-order valence-corrected chi connectivity index (χ3v) is 3.47. The molecule has 1 atom stereocenters. The van der Waals surface area contributed by atoms with Crippen LogP contribution in [-0.4, -0.2) is 28.9 Å². The maximum absolute atomic E-state index is 5.30. The van der Waals surface area contributed by atoms with Crippen molar-refractivity contribution in [2.75, 3.05) is 14.2 Å². The maximum atomic E-state index is 5.30. The molecule has 2 rings (SSSR count). The number of nitrogens with zero attached hydrogens (tertiary/aromatic N) is 3. The first-order valence-electron chi connectivity index (χ1n) is 7.32. The molecule has 1 N–H and O–H groups in total. The fourth-order valence-corrected chi connectivity index (χ4v) is 2.37. The molecule has 0 aliphatic rings. The first-order chi connectivity index (χ1) is 10.1. The quantitative estimate of drug-likeness (QED) is 0.850. The van der Waals surface area contributed by atoms with E-state index in [4.69, 9.17) is 4.74 Å². The zero-order chi connectivity index (χ0) is 15.2. The van der Waals surface area contributed by atoms with E-state index in [9.17, 15) is 0 Å². The lowest BCUT2D eigenvalue weighted by atomic mass is 10.0. The summed E-state index contributed by atoms with van der Waals surface area (Å²) in [5.41, 5.74) is 1.19. The van der Waals surface area contributed by atoms with E-state index in [1.807, 2.05) is 23.9 Å². The van der Waals surface area contributed by atoms with Crippen molar-refractivity contribution in [3.8, 4) is 5.75 Å². The summed E-state index contributed by atoms with van der Waals surface area (Å²) in [5, 5.41) is 7.68. The Kier molecular flexibility index (Phi) is 5.33. The van der Waals surface area contributed by atoms with Crippen molar-refractivity contribution >= 4 is 0 Å². The molecule has 5 nitrogen and oxygen atoms in total. The fourth-order valence-electron chi connectivity index (χ4n) is 2.37. The van der Waals surface area contributed by atoms with Gasteiger partial charge in [0, 0.05) is 19.0 Å². The summed E-state index contributed by atoms with van der Waals surface area (Å²) < 4.78 is 7.30. The van der Waals surface area contributed by atoms with E-state index in [0.29, 0.717) is 5.92 Å². The minimum absolute atomic E-state index is 0.190.